The zero-order chi connectivity index (χ0) is 17.9. The van der Waals surface area contributed by atoms with E-state index in [0.717, 1.165) is 17.6 Å². The summed E-state index contributed by atoms with van der Waals surface area (Å²) >= 11 is 0. The topological polar surface area (TPSA) is 79.3 Å². The molecule has 2 N–H and O–H groups in total. The van der Waals surface area contributed by atoms with Crippen LogP contribution in [0.3, 0.4) is 0 Å². The highest BCUT2D eigenvalue weighted by Crippen LogP contribution is 2.58. The smallest absolute Gasteiger partial charge is 0.231 e. The Labute approximate surface area is 150 Å². The maximum atomic E-state index is 12.3. The van der Waals surface area contributed by atoms with Crippen molar-refractivity contribution in [3.8, 4) is 0 Å². The van der Waals surface area contributed by atoms with Gasteiger partial charge in [-0.1, -0.05) is 42.5 Å². The van der Waals surface area contributed by atoms with Crippen LogP contribution >= 0.6 is 0 Å². The molecule has 1 aliphatic heterocycles. The van der Waals surface area contributed by atoms with Gasteiger partial charge in [-0.2, -0.15) is 0 Å². The van der Waals surface area contributed by atoms with Crippen LogP contribution in [0.2, 0.25) is 0 Å². The highest BCUT2D eigenvalue weighted by atomic mass is 16.3. The number of imide groups is 1. The van der Waals surface area contributed by atoms with Crippen molar-refractivity contribution in [2.45, 2.75) is 12.0 Å². The van der Waals surface area contributed by atoms with Crippen LogP contribution in [0.1, 0.15) is 17.7 Å². The summed E-state index contributed by atoms with van der Waals surface area (Å²) in [4.78, 5) is 28.9. The first-order valence-electron chi connectivity index (χ1n) is 8.87. The van der Waals surface area contributed by atoms with Crippen molar-refractivity contribution in [2.24, 2.45) is 23.7 Å². The summed E-state index contributed by atoms with van der Waals surface area (Å²) < 4.78 is 0. The van der Waals surface area contributed by atoms with Crippen LogP contribution in [-0.2, 0) is 15.2 Å². The van der Waals surface area contributed by atoms with Crippen molar-refractivity contribution in [3.63, 3.8) is 0 Å². The van der Waals surface area contributed by atoms with Gasteiger partial charge in [0.25, 0.3) is 0 Å². The minimum atomic E-state index is -1.40. The summed E-state index contributed by atoms with van der Waals surface area (Å²) in [7, 11) is 0. The van der Waals surface area contributed by atoms with Gasteiger partial charge in [0.1, 0.15) is 0 Å². The Bertz CT molecular complexity index is 883. The van der Waals surface area contributed by atoms with E-state index < -0.39 is 5.60 Å². The Morgan fingerprint density at radius 2 is 1.73 bits per heavy atom. The molecule has 5 atom stereocenters. The number of rotatable bonds is 3. The summed E-state index contributed by atoms with van der Waals surface area (Å²) in [5.41, 5.74) is 0.641. The maximum absolute atomic E-state index is 12.3. The molecule has 2 fully saturated rings. The number of amides is 2. The number of nitrogens with one attached hydrogen (secondary N) is 1. The van der Waals surface area contributed by atoms with Gasteiger partial charge in [0.2, 0.25) is 11.8 Å². The second kappa shape index (κ2) is 5.35. The van der Waals surface area contributed by atoms with Crippen molar-refractivity contribution in [3.05, 3.63) is 77.6 Å². The molecule has 5 rings (SSSR count). The number of hydrogen-bond acceptors (Lipinski definition) is 4. The lowest BCUT2D eigenvalue weighted by Gasteiger charge is -2.35. The number of carbonyl (C=O) groups is 2. The standard InChI is InChI=1S/C21H18N2O3/c24-19-17-12-10-14(18(17)20(25)23-19)15(11-12)21(26,13-6-2-1-3-7-13)16-8-4-5-9-22-16/h1-9,11-12,14,17-18,26H,10H2,(H,23,24,25)/t12?,14?,17-,18+,21?/m0/s1. The highest BCUT2D eigenvalue weighted by molar-refractivity contribution is 6.06. The van der Waals surface area contributed by atoms with Crippen LogP contribution in [0.5, 0.6) is 0 Å². The molecule has 0 radical (unpaired) electrons. The number of allylic oxidation sites excluding steroid dienone is 1. The van der Waals surface area contributed by atoms with Gasteiger partial charge in [-0.25, -0.2) is 0 Å². The predicted molar refractivity (Wildman–Crippen MR) is 93.5 cm³/mol. The fourth-order valence-electron chi connectivity index (χ4n) is 5.05. The van der Waals surface area contributed by atoms with Crippen LogP contribution in [0.15, 0.2) is 66.4 Å². The number of carbonyl (C=O) groups excluding carboxylic acids is 2. The van der Waals surface area contributed by atoms with E-state index in [0.29, 0.717) is 5.69 Å². The first-order chi connectivity index (χ1) is 12.6. The number of hydrogen-bond donors (Lipinski definition) is 2. The number of pyridine rings is 1. The third-order valence-electron chi connectivity index (χ3n) is 6.10. The largest absolute Gasteiger partial charge is 0.375 e. The number of fused-ring (bicyclic) bond motifs is 5. The van der Waals surface area contributed by atoms with Crippen molar-refractivity contribution >= 4 is 11.8 Å². The predicted octanol–water partition coefficient (Wildman–Crippen LogP) is 1.78. The third kappa shape index (κ3) is 1.92. The van der Waals surface area contributed by atoms with E-state index in [1.54, 1.807) is 12.3 Å². The van der Waals surface area contributed by atoms with E-state index in [1.807, 2.05) is 48.5 Å². The molecule has 2 heterocycles. The quantitative estimate of drug-likeness (QED) is 0.656. The van der Waals surface area contributed by atoms with E-state index in [9.17, 15) is 14.7 Å². The molecule has 2 bridgehead atoms. The molecule has 1 saturated heterocycles. The lowest BCUT2D eigenvalue weighted by Crippen LogP contribution is -2.37. The summed E-state index contributed by atoms with van der Waals surface area (Å²) in [5.74, 6) is -1.22. The normalized spacial score (nSPS) is 31.3. The molecule has 5 nitrogen and oxygen atoms in total. The van der Waals surface area contributed by atoms with Crippen molar-refractivity contribution in [1.29, 1.82) is 0 Å². The van der Waals surface area contributed by atoms with Crippen molar-refractivity contribution in [1.82, 2.24) is 10.3 Å². The van der Waals surface area contributed by atoms with Gasteiger partial charge in [-0.15, -0.1) is 0 Å². The van der Waals surface area contributed by atoms with Crippen LogP contribution < -0.4 is 5.32 Å². The lowest BCUT2D eigenvalue weighted by molar-refractivity contribution is -0.126. The molecule has 2 amide bonds. The van der Waals surface area contributed by atoms with E-state index in [4.69, 9.17) is 0 Å². The fraction of sp³-hybridized carbons (Fsp3) is 0.286. The van der Waals surface area contributed by atoms with Gasteiger partial charge in [0.05, 0.1) is 17.5 Å². The molecule has 5 heteroatoms. The Balaban J connectivity index is 1.67. The molecule has 0 spiro atoms. The van der Waals surface area contributed by atoms with Crippen LogP contribution in [0.4, 0.5) is 0 Å². The van der Waals surface area contributed by atoms with E-state index in [-0.39, 0.29) is 35.5 Å². The summed E-state index contributed by atoms with van der Waals surface area (Å²) in [6.07, 6.45) is 4.39. The Kier molecular flexibility index (Phi) is 3.18. The zero-order valence-electron chi connectivity index (χ0n) is 14.0. The summed E-state index contributed by atoms with van der Waals surface area (Å²) in [6, 6.07) is 14.9. The Morgan fingerprint density at radius 1 is 1.00 bits per heavy atom. The molecule has 3 aliphatic rings. The fourth-order valence-corrected chi connectivity index (χ4v) is 5.05. The number of nitrogens with zero attached hydrogens (tertiary/aromatic N) is 1. The highest BCUT2D eigenvalue weighted by Gasteiger charge is 2.61. The number of aliphatic hydroxyl groups is 1. The van der Waals surface area contributed by atoms with Gasteiger partial charge in [0, 0.05) is 6.20 Å². The lowest BCUT2D eigenvalue weighted by atomic mass is 9.71. The Morgan fingerprint density at radius 3 is 2.46 bits per heavy atom. The van der Waals surface area contributed by atoms with E-state index in [1.165, 1.54) is 0 Å². The van der Waals surface area contributed by atoms with Crippen LogP contribution in [0, 0.1) is 23.7 Å². The molecule has 2 aliphatic carbocycles. The van der Waals surface area contributed by atoms with Gasteiger partial charge in [-0.3, -0.25) is 19.9 Å². The van der Waals surface area contributed by atoms with Crippen molar-refractivity contribution < 1.29 is 14.7 Å². The molecule has 3 unspecified atom stereocenters. The third-order valence-corrected chi connectivity index (χ3v) is 6.10. The molecular formula is C21H18N2O3. The average Bonchev–Trinajstić information content (AvgIpc) is 3.35. The molecular weight excluding hydrogens is 328 g/mol. The molecule has 26 heavy (non-hydrogen) atoms. The minimum absolute atomic E-state index is 0.00889. The number of aromatic nitrogens is 1. The minimum Gasteiger partial charge on any atom is -0.375 e. The monoisotopic (exact) mass is 346 g/mol. The summed E-state index contributed by atoms with van der Waals surface area (Å²) in [6.45, 7) is 0. The van der Waals surface area contributed by atoms with Gasteiger partial charge in [-0.05, 0) is 41.5 Å². The van der Waals surface area contributed by atoms with Gasteiger partial charge < -0.3 is 5.11 Å². The SMILES string of the molecule is O=C1NC(=O)[C@H]2C3C=C(C(O)(c4ccccc4)c4ccccn4)C(C3)[C@@H]12. The van der Waals surface area contributed by atoms with Crippen molar-refractivity contribution in [2.75, 3.05) is 0 Å². The van der Waals surface area contributed by atoms with Crippen LogP contribution in [-0.4, -0.2) is 21.9 Å². The molecule has 1 aromatic heterocycles. The first-order valence-corrected chi connectivity index (χ1v) is 8.87. The molecule has 2 aromatic rings. The molecule has 1 saturated carbocycles. The number of benzene rings is 1. The van der Waals surface area contributed by atoms with E-state index >= 15 is 0 Å². The zero-order valence-corrected chi connectivity index (χ0v) is 14.0. The molecule has 130 valence electrons. The van der Waals surface area contributed by atoms with Crippen LogP contribution in [0.25, 0.3) is 0 Å². The second-order valence-electron chi connectivity index (χ2n) is 7.32. The van der Waals surface area contributed by atoms with Gasteiger partial charge in [0.15, 0.2) is 5.60 Å². The Hall–Kier alpha value is -2.79. The molecule has 1 aromatic carbocycles. The van der Waals surface area contributed by atoms with E-state index in [2.05, 4.69) is 10.3 Å². The summed E-state index contributed by atoms with van der Waals surface area (Å²) in [5, 5.41) is 14.4. The van der Waals surface area contributed by atoms with Gasteiger partial charge >= 0.3 is 0 Å². The first kappa shape index (κ1) is 15.5. The maximum Gasteiger partial charge on any atom is 0.231 e. The second-order valence-corrected chi connectivity index (χ2v) is 7.32. The average molecular weight is 346 g/mol.